The first-order chi connectivity index (χ1) is 15.3. The molecular formula is C25H25NO5. The highest BCUT2D eigenvalue weighted by Gasteiger charge is 2.20. The molecule has 5 rings (SSSR count). The zero-order chi connectivity index (χ0) is 21.0. The summed E-state index contributed by atoms with van der Waals surface area (Å²) in [5.41, 5.74) is 3.62. The van der Waals surface area contributed by atoms with Crippen molar-refractivity contribution in [3.05, 3.63) is 77.4 Å². The van der Waals surface area contributed by atoms with E-state index in [9.17, 15) is 0 Å². The maximum atomic E-state index is 5.60. The van der Waals surface area contributed by atoms with E-state index in [-0.39, 0.29) is 12.7 Å². The largest absolute Gasteiger partial charge is 0.497 e. The topological polar surface area (TPSA) is 58.2 Å². The van der Waals surface area contributed by atoms with Crippen molar-refractivity contribution < 1.29 is 23.7 Å². The molecule has 0 saturated heterocycles. The summed E-state index contributed by atoms with van der Waals surface area (Å²) in [4.78, 5) is 0. The van der Waals surface area contributed by atoms with Crippen LogP contribution in [0, 0.1) is 0 Å². The third kappa shape index (κ3) is 4.25. The van der Waals surface area contributed by atoms with Crippen molar-refractivity contribution in [2.24, 2.45) is 0 Å². The lowest BCUT2D eigenvalue weighted by Gasteiger charge is -2.19. The molecule has 0 fully saturated rings. The van der Waals surface area contributed by atoms with Gasteiger partial charge in [-0.1, -0.05) is 24.3 Å². The van der Waals surface area contributed by atoms with Gasteiger partial charge < -0.3 is 29.0 Å². The zero-order valence-corrected chi connectivity index (χ0v) is 17.4. The lowest BCUT2D eigenvalue weighted by Crippen LogP contribution is -2.18. The van der Waals surface area contributed by atoms with Gasteiger partial charge in [-0.05, 0) is 66.1 Å². The van der Waals surface area contributed by atoms with Crippen LogP contribution in [-0.2, 0) is 6.54 Å². The van der Waals surface area contributed by atoms with E-state index in [2.05, 4.69) is 35.6 Å². The van der Waals surface area contributed by atoms with E-state index in [1.807, 2.05) is 30.3 Å². The first-order valence-corrected chi connectivity index (χ1v) is 10.4. The number of rotatable bonds is 8. The highest BCUT2D eigenvalue weighted by Crippen LogP contribution is 2.38. The fraction of sp³-hybridized carbons (Fsp3) is 0.280. The third-order valence-electron chi connectivity index (χ3n) is 5.69. The van der Waals surface area contributed by atoms with E-state index in [0.717, 1.165) is 48.3 Å². The summed E-state index contributed by atoms with van der Waals surface area (Å²) < 4.78 is 27.3. The van der Waals surface area contributed by atoms with Crippen molar-refractivity contribution in [2.75, 3.05) is 27.2 Å². The van der Waals surface area contributed by atoms with Gasteiger partial charge in [-0.15, -0.1) is 0 Å². The molecule has 0 amide bonds. The Bertz CT molecular complexity index is 1050. The second kappa shape index (κ2) is 8.78. The monoisotopic (exact) mass is 419 g/mol. The van der Waals surface area contributed by atoms with Crippen LogP contribution in [0.3, 0.4) is 0 Å². The van der Waals surface area contributed by atoms with Gasteiger partial charge in [0.1, 0.15) is 5.75 Å². The van der Waals surface area contributed by atoms with E-state index < -0.39 is 0 Å². The Morgan fingerprint density at radius 2 is 1.42 bits per heavy atom. The van der Waals surface area contributed by atoms with Gasteiger partial charge in [0.2, 0.25) is 13.6 Å². The lowest BCUT2D eigenvalue weighted by molar-refractivity contribution is 0.173. The molecule has 1 unspecified atom stereocenters. The molecule has 0 bridgehead atoms. The van der Waals surface area contributed by atoms with Gasteiger partial charge >= 0.3 is 0 Å². The van der Waals surface area contributed by atoms with E-state index in [1.165, 1.54) is 16.7 Å². The molecule has 0 saturated carbocycles. The predicted octanol–water partition coefficient (Wildman–Crippen LogP) is 4.46. The van der Waals surface area contributed by atoms with Gasteiger partial charge in [0.05, 0.1) is 7.11 Å². The van der Waals surface area contributed by atoms with Crippen LogP contribution >= 0.6 is 0 Å². The van der Waals surface area contributed by atoms with Gasteiger partial charge in [-0.2, -0.15) is 0 Å². The van der Waals surface area contributed by atoms with Crippen LogP contribution in [0.4, 0.5) is 0 Å². The number of hydrogen-bond donors (Lipinski definition) is 1. The molecule has 3 aromatic rings. The fourth-order valence-corrected chi connectivity index (χ4v) is 4.02. The van der Waals surface area contributed by atoms with Gasteiger partial charge in [0, 0.05) is 12.5 Å². The van der Waals surface area contributed by atoms with Crippen LogP contribution in [0.1, 0.15) is 29.0 Å². The molecule has 160 valence electrons. The van der Waals surface area contributed by atoms with Crippen LogP contribution in [-0.4, -0.2) is 27.2 Å². The SMILES string of the molecule is COc1ccc(C(CCNCc2ccc3c(c2)OCO3)c2ccc3c(c2)OCO3)cc1. The van der Waals surface area contributed by atoms with Crippen LogP contribution in [0.15, 0.2) is 60.7 Å². The quantitative estimate of drug-likeness (QED) is 0.544. The van der Waals surface area contributed by atoms with Crippen molar-refractivity contribution in [3.8, 4) is 28.7 Å². The number of nitrogens with one attached hydrogen (secondary N) is 1. The molecule has 0 aliphatic carbocycles. The van der Waals surface area contributed by atoms with Crippen LogP contribution in [0.2, 0.25) is 0 Å². The Kier molecular flexibility index (Phi) is 5.54. The summed E-state index contributed by atoms with van der Waals surface area (Å²) in [7, 11) is 1.68. The molecule has 0 spiro atoms. The molecule has 1 N–H and O–H groups in total. The van der Waals surface area contributed by atoms with Crippen LogP contribution < -0.4 is 29.0 Å². The maximum absolute atomic E-state index is 5.60. The van der Waals surface area contributed by atoms with Crippen LogP contribution in [0.25, 0.3) is 0 Å². The van der Waals surface area contributed by atoms with Crippen molar-refractivity contribution >= 4 is 0 Å². The lowest BCUT2D eigenvalue weighted by atomic mass is 9.88. The van der Waals surface area contributed by atoms with Crippen molar-refractivity contribution in [3.63, 3.8) is 0 Å². The molecular weight excluding hydrogens is 394 g/mol. The maximum Gasteiger partial charge on any atom is 0.231 e. The van der Waals surface area contributed by atoms with E-state index in [1.54, 1.807) is 7.11 Å². The zero-order valence-electron chi connectivity index (χ0n) is 17.4. The summed E-state index contributed by atoms with van der Waals surface area (Å²) in [6.07, 6.45) is 0.941. The molecule has 6 nitrogen and oxygen atoms in total. The normalized spacial score (nSPS) is 14.5. The fourth-order valence-electron chi connectivity index (χ4n) is 4.02. The Morgan fingerprint density at radius 1 is 0.774 bits per heavy atom. The van der Waals surface area contributed by atoms with Gasteiger partial charge in [-0.25, -0.2) is 0 Å². The molecule has 2 aliphatic rings. The Balaban J connectivity index is 1.28. The molecule has 0 aromatic heterocycles. The minimum atomic E-state index is 0.227. The van der Waals surface area contributed by atoms with Gasteiger partial charge in [0.25, 0.3) is 0 Å². The molecule has 31 heavy (non-hydrogen) atoms. The van der Waals surface area contributed by atoms with E-state index >= 15 is 0 Å². The average molecular weight is 419 g/mol. The van der Waals surface area contributed by atoms with Gasteiger partial charge in [-0.3, -0.25) is 0 Å². The van der Waals surface area contributed by atoms with Crippen LogP contribution in [0.5, 0.6) is 28.7 Å². The minimum Gasteiger partial charge on any atom is -0.497 e. The highest BCUT2D eigenvalue weighted by molar-refractivity contribution is 5.48. The summed E-state index contributed by atoms with van der Waals surface area (Å²) in [5, 5.41) is 3.56. The summed E-state index contributed by atoms with van der Waals surface area (Å²) in [5.74, 6) is 4.32. The first-order valence-electron chi connectivity index (χ1n) is 10.4. The van der Waals surface area contributed by atoms with Gasteiger partial charge in [0.15, 0.2) is 23.0 Å². The standard InChI is InChI=1S/C25H25NO5/c1-27-20-6-3-18(4-7-20)21(19-5-9-23-25(13-19)31-16-29-23)10-11-26-14-17-2-8-22-24(12-17)30-15-28-22/h2-9,12-13,21,26H,10-11,14-16H2,1H3. The number of methoxy groups -OCH3 is 1. The molecule has 2 heterocycles. The average Bonchev–Trinajstić information content (AvgIpc) is 3.47. The minimum absolute atomic E-state index is 0.227. The summed E-state index contributed by atoms with van der Waals surface area (Å²) in [6, 6.07) is 20.6. The summed E-state index contributed by atoms with van der Waals surface area (Å²) in [6.45, 7) is 2.21. The third-order valence-corrected chi connectivity index (χ3v) is 5.69. The number of fused-ring (bicyclic) bond motifs is 2. The molecule has 6 heteroatoms. The second-order valence-corrected chi connectivity index (χ2v) is 7.59. The smallest absolute Gasteiger partial charge is 0.231 e. The van der Waals surface area contributed by atoms with Crippen molar-refractivity contribution in [1.82, 2.24) is 5.32 Å². The Labute approximate surface area is 181 Å². The first kappa shape index (κ1) is 19.6. The Morgan fingerprint density at radius 3 is 2.16 bits per heavy atom. The molecule has 2 aliphatic heterocycles. The summed E-state index contributed by atoms with van der Waals surface area (Å²) >= 11 is 0. The van der Waals surface area contributed by atoms with Crippen molar-refractivity contribution in [2.45, 2.75) is 18.9 Å². The molecule has 1 atom stereocenters. The second-order valence-electron chi connectivity index (χ2n) is 7.59. The highest BCUT2D eigenvalue weighted by atomic mass is 16.7. The van der Waals surface area contributed by atoms with Crippen molar-refractivity contribution in [1.29, 1.82) is 0 Å². The predicted molar refractivity (Wildman–Crippen MR) is 116 cm³/mol. The van der Waals surface area contributed by atoms with E-state index in [4.69, 9.17) is 23.7 Å². The molecule has 0 radical (unpaired) electrons. The number of benzene rings is 3. The number of hydrogen-bond acceptors (Lipinski definition) is 6. The number of ether oxygens (including phenoxy) is 5. The van der Waals surface area contributed by atoms with E-state index in [0.29, 0.717) is 6.79 Å². The Hall–Kier alpha value is -3.38. The molecule has 3 aromatic carbocycles.